The van der Waals surface area contributed by atoms with E-state index in [0.717, 1.165) is 13.0 Å². The molecule has 1 aromatic rings. The number of benzene rings is 1. The molecule has 21 heavy (non-hydrogen) atoms. The van der Waals surface area contributed by atoms with Crippen molar-refractivity contribution in [3.8, 4) is 0 Å². The Morgan fingerprint density at radius 1 is 1.48 bits per heavy atom. The lowest BCUT2D eigenvalue weighted by molar-refractivity contribution is -0.384. The monoisotopic (exact) mass is 295 g/mol. The third kappa shape index (κ3) is 4.69. The minimum Gasteiger partial charge on any atom is -0.349 e. The van der Waals surface area contributed by atoms with E-state index in [1.54, 1.807) is 0 Å². The number of carbonyl (C=O) groups is 1. The predicted molar refractivity (Wildman–Crippen MR) is 81.0 cm³/mol. The number of amides is 1. The van der Waals surface area contributed by atoms with Crippen molar-refractivity contribution in [2.45, 2.75) is 19.4 Å². The molecule has 1 unspecified atom stereocenters. The Labute approximate surface area is 123 Å². The Balaban J connectivity index is 2.87. The van der Waals surface area contributed by atoms with Crippen LogP contribution in [-0.2, 0) is 0 Å². The first-order valence-electron chi connectivity index (χ1n) is 6.56. The average Bonchev–Trinajstić information content (AvgIpc) is 2.43. The summed E-state index contributed by atoms with van der Waals surface area (Å²) in [6, 6.07) is 4.19. The van der Waals surface area contributed by atoms with Crippen molar-refractivity contribution in [1.29, 1.82) is 0 Å². The highest BCUT2D eigenvalue weighted by Crippen LogP contribution is 2.27. The molecule has 0 aromatic heterocycles. The van der Waals surface area contributed by atoms with Gasteiger partial charge in [0.1, 0.15) is 5.69 Å². The number of rotatable bonds is 7. The lowest BCUT2D eigenvalue weighted by Crippen LogP contribution is -2.35. The van der Waals surface area contributed by atoms with E-state index in [9.17, 15) is 14.9 Å². The molecule has 116 valence electrons. The molecule has 0 radical (unpaired) electrons. The zero-order chi connectivity index (χ0) is 16.0. The van der Waals surface area contributed by atoms with E-state index < -0.39 is 10.8 Å². The number of hydrazine groups is 1. The molecule has 0 saturated heterocycles. The Bertz CT molecular complexity index is 519. The number of hydrogen-bond acceptors (Lipinski definition) is 6. The lowest BCUT2D eigenvalue weighted by Gasteiger charge is -2.17. The molecular weight excluding hydrogens is 274 g/mol. The van der Waals surface area contributed by atoms with Gasteiger partial charge in [-0.25, -0.2) is 0 Å². The minimum atomic E-state index is -0.582. The molecule has 0 aliphatic rings. The highest BCUT2D eigenvalue weighted by molar-refractivity contribution is 6.01. The van der Waals surface area contributed by atoms with Gasteiger partial charge in [-0.1, -0.05) is 6.07 Å². The maximum Gasteiger partial charge on any atom is 0.294 e. The van der Waals surface area contributed by atoms with Crippen LogP contribution in [0.25, 0.3) is 0 Å². The van der Waals surface area contributed by atoms with Crippen LogP contribution < -0.4 is 16.6 Å². The molecule has 8 nitrogen and oxygen atoms in total. The molecule has 1 rings (SSSR count). The maximum atomic E-state index is 12.2. The minimum absolute atomic E-state index is 0.0137. The maximum absolute atomic E-state index is 12.2. The molecule has 1 atom stereocenters. The molecular formula is C13H21N5O3. The van der Waals surface area contributed by atoms with E-state index in [1.807, 2.05) is 25.9 Å². The molecule has 1 amide bonds. The number of anilines is 1. The number of nitrogens with two attached hydrogens (primary N) is 1. The average molecular weight is 295 g/mol. The van der Waals surface area contributed by atoms with E-state index in [-0.39, 0.29) is 23.0 Å². The molecule has 0 bridgehead atoms. The van der Waals surface area contributed by atoms with Crippen molar-refractivity contribution in [3.05, 3.63) is 33.9 Å². The van der Waals surface area contributed by atoms with Crippen molar-refractivity contribution >= 4 is 17.3 Å². The number of carbonyl (C=O) groups excluding carboxylic acids is 1. The summed E-state index contributed by atoms with van der Waals surface area (Å²) in [6.07, 6.45) is 0.777. The van der Waals surface area contributed by atoms with E-state index in [2.05, 4.69) is 10.7 Å². The van der Waals surface area contributed by atoms with Crippen molar-refractivity contribution in [3.63, 3.8) is 0 Å². The number of nitrogens with one attached hydrogen (secondary N) is 2. The van der Waals surface area contributed by atoms with Gasteiger partial charge in [-0.2, -0.15) is 0 Å². The van der Waals surface area contributed by atoms with Crippen LogP contribution in [0.4, 0.5) is 11.4 Å². The quantitative estimate of drug-likeness (QED) is 0.392. The fourth-order valence-electron chi connectivity index (χ4n) is 1.86. The van der Waals surface area contributed by atoms with Crippen LogP contribution in [0, 0.1) is 10.1 Å². The third-order valence-corrected chi connectivity index (χ3v) is 3.01. The van der Waals surface area contributed by atoms with Crippen LogP contribution in [-0.4, -0.2) is 42.4 Å². The molecule has 0 heterocycles. The van der Waals surface area contributed by atoms with Crippen molar-refractivity contribution in [1.82, 2.24) is 10.2 Å². The highest BCUT2D eigenvalue weighted by Gasteiger charge is 2.21. The molecule has 8 heteroatoms. The van der Waals surface area contributed by atoms with Gasteiger partial charge in [0.05, 0.1) is 10.5 Å². The summed E-state index contributed by atoms with van der Waals surface area (Å²) in [5, 5.41) is 13.7. The summed E-state index contributed by atoms with van der Waals surface area (Å²) in [5.74, 6) is 4.92. The van der Waals surface area contributed by atoms with Crippen LogP contribution in [0.5, 0.6) is 0 Å². The van der Waals surface area contributed by atoms with Crippen LogP contribution in [0.3, 0.4) is 0 Å². The lowest BCUT2D eigenvalue weighted by atomic mass is 10.1. The highest BCUT2D eigenvalue weighted by atomic mass is 16.6. The summed E-state index contributed by atoms with van der Waals surface area (Å²) in [6.45, 7) is 2.71. The number of nitro benzene ring substituents is 1. The standard InChI is InChI=1S/C13H21N5O3/c1-9(7-8-17(2)3)15-13(19)10-5-4-6-11(18(20)21)12(10)16-14/h4-6,9,16H,7-8,14H2,1-3H3,(H,15,19). The number of nitro groups is 1. The number of nitrogen functional groups attached to an aromatic ring is 1. The summed E-state index contributed by atoms with van der Waals surface area (Å²) in [5.41, 5.74) is 2.18. The van der Waals surface area contributed by atoms with Crippen LogP contribution >= 0.6 is 0 Å². The topological polar surface area (TPSA) is 114 Å². The third-order valence-electron chi connectivity index (χ3n) is 3.01. The smallest absolute Gasteiger partial charge is 0.294 e. The van der Waals surface area contributed by atoms with Gasteiger partial charge in [-0.05, 0) is 40.1 Å². The predicted octanol–water partition coefficient (Wildman–Crippen LogP) is 0.950. The molecule has 1 aromatic carbocycles. The first kappa shape index (κ1) is 16.9. The van der Waals surface area contributed by atoms with Crippen LogP contribution in [0.2, 0.25) is 0 Å². The van der Waals surface area contributed by atoms with Gasteiger partial charge in [0.2, 0.25) is 0 Å². The second-order valence-electron chi connectivity index (χ2n) is 5.07. The second-order valence-corrected chi connectivity index (χ2v) is 5.07. The number of para-hydroxylation sites is 1. The molecule has 0 spiro atoms. The van der Waals surface area contributed by atoms with E-state index in [1.165, 1.54) is 18.2 Å². The molecule has 0 aliphatic carbocycles. The van der Waals surface area contributed by atoms with Crippen molar-refractivity contribution in [2.75, 3.05) is 26.1 Å². The van der Waals surface area contributed by atoms with Crippen LogP contribution in [0.15, 0.2) is 18.2 Å². The Kier molecular flexibility index (Phi) is 6.07. The van der Waals surface area contributed by atoms with Gasteiger partial charge in [-0.15, -0.1) is 0 Å². The first-order chi connectivity index (χ1) is 9.86. The largest absolute Gasteiger partial charge is 0.349 e. The van der Waals surface area contributed by atoms with Gasteiger partial charge in [0, 0.05) is 12.1 Å². The zero-order valence-corrected chi connectivity index (χ0v) is 12.4. The Morgan fingerprint density at radius 2 is 2.14 bits per heavy atom. The molecule has 4 N–H and O–H groups in total. The summed E-state index contributed by atoms with van der Waals surface area (Å²) in [7, 11) is 3.90. The van der Waals surface area contributed by atoms with Gasteiger partial charge >= 0.3 is 0 Å². The van der Waals surface area contributed by atoms with Gasteiger partial charge in [-0.3, -0.25) is 20.8 Å². The zero-order valence-electron chi connectivity index (χ0n) is 12.4. The first-order valence-corrected chi connectivity index (χ1v) is 6.56. The van der Waals surface area contributed by atoms with Gasteiger partial charge in [0.25, 0.3) is 11.6 Å². The fraction of sp³-hybridized carbons (Fsp3) is 0.462. The van der Waals surface area contributed by atoms with Crippen LogP contribution in [0.1, 0.15) is 23.7 Å². The number of nitrogens with zero attached hydrogens (tertiary/aromatic N) is 2. The van der Waals surface area contributed by atoms with Gasteiger partial charge in [0.15, 0.2) is 0 Å². The van der Waals surface area contributed by atoms with Gasteiger partial charge < -0.3 is 15.6 Å². The fourth-order valence-corrected chi connectivity index (χ4v) is 1.86. The van der Waals surface area contributed by atoms with E-state index >= 15 is 0 Å². The molecule has 0 saturated carbocycles. The van der Waals surface area contributed by atoms with Crippen molar-refractivity contribution in [2.24, 2.45) is 5.84 Å². The summed E-state index contributed by atoms with van der Waals surface area (Å²) in [4.78, 5) is 24.6. The normalized spacial score (nSPS) is 12.0. The van der Waals surface area contributed by atoms with Crippen molar-refractivity contribution < 1.29 is 9.72 Å². The second kappa shape index (κ2) is 7.55. The Hall–Kier alpha value is -2.19. The number of hydrogen-bond donors (Lipinski definition) is 3. The van der Waals surface area contributed by atoms with E-state index in [4.69, 9.17) is 5.84 Å². The molecule has 0 aliphatic heterocycles. The summed E-state index contributed by atoms with van der Waals surface area (Å²) < 4.78 is 0. The summed E-state index contributed by atoms with van der Waals surface area (Å²) >= 11 is 0. The van der Waals surface area contributed by atoms with E-state index in [0.29, 0.717) is 0 Å². The molecule has 0 fully saturated rings. The SMILES string of the molecule is CC(CCN(C)C)NC(=O)c1cccc([N+](=O)[O-])c1NN. The Morgan fingerprint density at radius 3 is 2.67 bits per heavy atom.